The Labute approximate surface area is 70.5 Å². The molecule has 0 bridgehead atoms. The van der Waals surface area contributed by atoms with Gasteiger partial charge in [0.25, 0.3) is 0 Å². The van der Waals surface area contributed by atoms with Gasteiger partial charge in [0, 0.05) is 11.5 Å². The molecule has 1 atom stereocenters. The van der Waals surface area contributed by atoms with Gasteiger partial charge in [0.1, 0.15) is 4.87 Å². The van der Waals surface area contributed by atoms with Crippen molar-refractivity contribution >= 4 is 23.2 Å². The topological polar surface area (TPSA) is 0 Å². The van der Waals surface area contributed by atoms with Gasteiger partial charge in [0.2, 0.25) is 0 Å². The average Bonchev–Trinajstić information content (AvgIpc) is 1.88. The third-order valence-corrected chi connectivity index (χ3v) is 1.93. The Morgan fingerprint density at radius 3 is 2.80 bits per heavy atom. The third kappa shape index (κ3) is 1.56. The summed E-state index contributed by atoms with van der Waals surface area (Å²) in [6, 6.07) is 0. The molecule has 0 saturated carbocycles. The molecule has 0 heterocycles. The first kappa shape index (κ1) is 7.72. The molecule has 0 aliphatic heterocycles. The molecule has 1 unspecified atom stereocenters. The van der Waals surface area contributed by atoms with Crippen molar-refractivity contribution in [3.63, 3.8) is 0 Å². The van der Waals surface area contributed by atoms with E-state index in [1.54, 1.807) is 18.2 Å². The van der Waals surface area contributed by atoms with Gasteiger partial charge >= 0.3 is 0 Å². The third-order valence-electron chi connectivity index (χ3n) is 1.30. The molecule has 0 amide bonds. The summed E-state index contributed by atoms with van der Waals surface area (Å²) in [6.45, 7) is 0. The van der Waals surface area contributed by atoms with Gasteiger partial charge in [-0.25, -0.2) is 0 Å². The second kappa shape index (κ2) is 2.70. The van der Waals surface area contributed by atoms with Gasteiger partial charge in [-0.2, -0.15) is 0 Å². The Hall–Kier alpha value is -0.380. The monoisotopic (exact) mass is 172 g/mol. The van der Waals surface area contributed by atoms with Crippen molar-refractivity contribution in [3.05, 3.63) is 23.3 Å². The summed E-state index contributed by atoms with van der Waals surface area (Å²) >= 11 is 11.6. The molecule has 0 radical (unpaired) electrons. The Kier molecular flexibility index (Phi) is 2.08. The van der Waals surface area contributed by atoms with Crippen LogP contribution in [0.15, 0.2) is 23.3 Å². The normalized spacial score (nSPS) is 31.1. The number of terminal acetylenes is 1. The summed E-state index contributed by atoms with van der Waals surface area (Å²) in [5, 5.41) is 0.704. The molecule has 10 heavy (non-hydrogen) atoms. The summed E-state index contributed by atoms with van der Waals surface area (Å²) in [4.78, 5) is -0.689. The Bertz CT molecular complexity index is 232. The first-order valence-corrected chi connectivity index (χ1v) is 3.62. The predicted molar refractivity (Wildman–Crippen MR) is 45.1 cm³/mol. The van der Waals surface area contributed by atoms with Crippen LogP contribution in [-0.4, -0.2) is 4.87 Å². The van der Waals surface area contributed by atoms with E-state index in [1.165, 1.54) is 0 Å². The molecule has 0 saturated heterocycles. The lowest BCUT2D eigenvalue weighted by Gasteiger charge is -2.17. The van der Waals surface area contributed by atoms with E-state index in [-0.39, 0.29) is 0 Å². The van der Waals surface area contributed by atoms with Crippen molar-refractivity contribution in [2.45, 2.75) is 11.3 Å². The van der Waals surface area contributed by atoms with Crippen molar-refractivity contribution in [1.82, 2.24) is 0 Å². The minimum Gasteiger partial charge on any atom is -0.118 e. The van der Waals surface area contributed by atoms with E-state index >= 15 is 0 Å². The van der Waals surface area contributed by atoms with E-state index in [4.69, 9.17) is 29.6 Å². The SMILES string of the molecule is C#CC1(Cl)C=CC=C(Cl)C1. The van der Waals surface area contributed by atoms with Crippen LogP contribution in [0.25, 0.3) is 0 Å². The van der Waals surface area contributed by atoms with Crippen LogP contribution < -0.4 is 0 Å². The Morgan fingerprint density at radius 1 is 1.70 bits per heavy atom. The fourth-order valence-electron chi connectivity index (χ4n) is 0.768. The van der Waals surface area contributed by atoms with Gasteiger partial charge < -0.3 is 0 Å². The summed E-state index contributed by atoms with van der Waals surface area (Å²) in [6.07, 6.45) is 11.0. The second-order valence-corrected chi connectivity index (χ2v) is 3.32. The van der Waals surface area contributed by atoms with E-state index in [1.807, 2.05) is 0 Å². The fourth-order valence-corrected chi connectivity index (χ4v) is 1.34. The van der Waals surface area contributed by atoms with Crippen LogP contribution in [0.3, 0.4) is 0 Å². The number of halogens is 2. The Balaban J connectivity index is 2.84. The maximum atomic E-state index is 5.91. The molecular formula is C8H6Cl2. The first-order valence-electron chi connectivity index (χ1n) is 2.87. The first-order chi connectivity index (χ1) is 4.66. The van der Waals surface area contributed by atoms with Gasteiger partial charge in [0.05, 0.1) is 0 Å². The number of rotatable bonds is 0. The maximum Gasteiger partial charge on any atom is 0.128 e. The molecule has 0 spiro atoms. The average molecular weight is 173 g/mol. The quantitative estimate of drug-likeness (QED) is 0.390. The lowest BCUT2D eigenvalue weighted by Crippen LogP contribution is -2.16. The standard InChI is InChI=1S/C8H6Cl2/c1-2-8(10)5-3-4-7(9)6-8/h1,3-5H,6H2. The number of hydrogen-bond acceptors (Lipinski definition) is 0. The highest BCUT2D eigenvalue weighted by molar-refractivity contribution is 6.33. The van der Waals surface area contributed by atoms with Gasteiger partial charge in [-0.3, -0.25) is 0 Å². The van der Waals surface area contributed by atoms with E-state index in [0.717, 1.165) is 0 Å². The zero-order valence-corrected chi connectivity index (χ0v) is 6.78. The van der Waals surface area contributed by atoms with Crippen LogP contribution in [0, 0.1) is 12.3 Å². The van der Waals surface area contributed by atoms with Crippen molar-refractivity contribution in [3.8, 4) is 12.3 Å². The van der Waals surface area contributed by atoms with Crippen LogP contribution in [0.2, 0.25) is 0 Å². The van der Waals surface area contributed by atoms with Crippen LogP contribution >= 0.6 is 23.2 Å². The van der Waals surface area contributed by atoms with E-state index in [2.05, 4.69) is 5.92 Å². The van der Waals surface area contributed by atoms with Crippen molar-refractivity contribution in [1.29, 1.82) is 0 Å². The van der Waals surface area contributed by atoms with Crippen LogP contribution in [0.4, 0.5) is 0 Å². The summed E-state index contributed by atoms with van der Waals surface area (Å²) in [5.41, 5.74) is 0. The zero-order chi connectivity index (χ0) is 7.61. The lowest BCUT2D eigenvalue weighted by molar-refractivity contribution is 0.884. The minimum atomic E-state index is -0.689. The number of hydrogen-bond donors (Lipinski definition) is 0. The second-order valence-electron chi connectivity index (χ2n) is 2.16. The molecular weight excluding hydrogens is 167 g/mol. The van der Waals surface area contributed by atoms with Gasteiger partial charge in [-0.1, -0.05) is 29.7 Å². The minimum absolute atomic E-state index is 0.531. The molecule has 0 nitrogen and oxygen atoms in total. The van der Waals surface area contributed by atoms with Gasteiger partial charge in [-0.15, -0.1) is 18.0 Å². The maximum absolute atomic E-state index is 5.91. The fraction of sp³-hybridized carbons (Fsp3) is 0.250. The molecule has 2 heteroatoms. The van der Waals surface area contributed by atoms with Gasteiger partial charge in [-0.05, 0) is 6.08 Å². The highest BCUT2D eigenvalue weighted by Crippen LogP contribution is 2.30. The van der Waals surface area contributed by atoms with Crippen molar-refractivity contribution in [2.75, 3.05) is 0 Å². The molecule has 0 aromatic carbocycles. The van der Waals surface area contributed by atoms with Crippen LogP contribution in [-0.2, 0) is 0 Å². The molecule has 1 rings (SSSR count). The predicted octanol–water partition coefficient (Wildman–Crippen LogP) is 2.68. The number of allylic oxidation sites excluding steroid dienone is 4. The highest BCUT2D eigenvalue weighted by atomic mass is 35.5. The molecule has 0 N–H and O–H groups in total. The summed E-state index contributed by atoms with van der Waals surface area (Å²) < 4.78 is 0. The van der Waals surface area contributed by atoms with E-state index in [9.17, 15) is 0 Å². The lowest BCUT2D eigenvalue weighted by atomic mass is 10.0. The highest BCUT2D eigenvalue weighted by Gasteiger charge is 2.23. The summed E-state index contributed by atoms with van der Waals surface area (Å²) in [7, 11) is 0. The molecule has 0 aromatic heterocycles. The van der Waals surface area contributed by atoms with Gasteiger partial charge in [0.15, 0.2) is 0 Å². The molecule has 0 fully saturated rings. The van der Waals surface area contributed by atoms with E-state index < -0.39 is 4.87 Å². The molecule has 52 valence electrons. The van der Waals surface area contributed by atoms with Crippen LogP contribution in [0.1, 0.15) is 6.42 Å². The largest absolute Gasteiger partial charge is 0.128 e. The molecule has 0 aromatic rings. The van der Waals surface area contributed by atoms with Crippen molar-refractivity contribution < 1.29 is 0 Å². The molecule has 1 aliphatic carbocycles. The number of alkyl halides is 1. The smallest absolute Gasteiger partial charge is 0.118 e. The summed E-state index contributed by atoms with van der Waals surface area (Å²) in [5.74, 6) is 2.46. The Morgan fingerprint density at radius 2 is 2.40 bits per heavy atom. The zero-order valence-electron chi connectivity index (χ0n) is 5.27. The van der Waals surface area contributed by atoms with Crippen LogP contribution in [0.5, 0.6) is 0 Å². The van der Waals surface area contributed by atoms with Crippen molar-refractivity contribution in [2.24, 2.45) is 0 Å². The van der Waals surface area contributed by atoms with E-state index in [0.29, 0.717) is 11.5 Å². The molecule has 1 aliphatic rings.